The van der Waals surface area contributed by atoms with Gasteiger partial charge in [0.15, 0.2) is 4.77 Å². The van der Waals surface area contributed by atoms with E-state index in [1.807, 2.05) is 6.92 Å². The normalized spacial score (nSPS) is 11.3. The van der Waals surface area contributed by atoms with Crippen LogP contribution in [0.4, 0.5) is 0 Å². The fourth-order valence-corrected chi connectivity index (χ4v) is 3.29. The van der Waals surface area contributed by atoms with Crippen LogP contribution in [0.5, 0.6) is 0 Å². The monoisotopic (exact) mass is 289 g/mol. The van der Waals surface area contributed by atoms with Crippen molar-refractivity contribution in [2.45, 2.75) is 26.8 Å². The highest BCUT2D eigenvalue weighted by Gasteiger charge is 2.06. The molecule has 0 aliphatic heterocycles. The van der Waals surface area contributed by atoms with Gasteiger partial charge in [0.25, 0.3) is 0 Å². The Morgan fingerprint density at radius 1 is 1.37 bits per heavy atom. The molecule has 3 aromatic rings. The van der Waals surface area contributed by atoms with Crippen LogP contribution in [-0.4, -0.2) is 14.5 Å². The van der Waals surface area contributed by atoms with Gasteiger partial charge in [0.05, 0.1) is 16.0 Å². The number of hydrogen-bond acceptors (Lipinski definition) is 3. The Bertz CT molecular complexity index is 779. The van der Waals surface area contributed by atoms with E-state index in [2.05, 4.69) is 45.0 Å². The Morgan fingerprint density at radius 2 is 2.21 bits per heavy atom. The molecule has 1 aromatic carbocycles. The maximum Gasteiger partial charge on any atom is 0.178 e. The highest BCUT2D eigenvalue weighted by atomic mass is 32.1. The predicted octanol–water partition coefficient (Wildman–Crippen LogP) is 4.01. The minimum absolute atomic E-state index is 0.786. The van der Waals surface area contributed by atoms with Crippen LogP contribution in [0.15, 0.2) is 23.6 Å². The fourth-order valence-electron chi connectivity index (χ4n) is 2.22. The topological polar surface area (TPSA) is 33.6 Å². The van der Waals surface area contributed by atoms with Crippen LogP contribution >= 0.6 is 23.6 Å². The molecule has 0 fully saturated rings. The average molecular weight is 289 g/mol. The Balaban J connectivity index is 1.92. The Labute approximate surface area is 120 Å². The Hall–Kier alpha value is -1.46. The van der Waals surface area contributed by atoms with E-state index in [1.54, 1.807) is 11.3 Å². The molecular weight excluding hydrogens is 274 g/mol. The lowest BCUT2D eigenvalue weighted by molar-refractivity contribution is 0.703. The molecule has 1 N–H and O–H groups in total. The van der Waals surface area contributed by atoms with Gasteiger partial charge in [0.2, 0.25) is 0 Å². The van der Waals surface area contributed by atoms with Crippen LogP contribution in [0.3, 0.4) is 0 Å². The zero-order valence-corrected chi connectivity index (χ0v) is 12.6. The number of nitrogens with zero attached hydrogens (tertiary/aromatic N) is 2. The molecule has 0 radical (unpaired) electrons. The van der Waals surface area contributed by atoms with Gasteiger partial charge in [-0.15, -0.1) is 11.3 Å². The highest BCUT2D eigenvalue weighted by molar-refractivity contribution is 7.71. The van der Waals surface area contributed by atoms with E-state index >= 15 is 0 Å². The second-order valence-electron chi connectivity index (χ2n) is 4.74. The van der Waals surface area contributed by atoms with Gasteiger partial charge in [-0.1, -0.05) is 6.07 Å². The summed E-state index contributed by atoms with van der Waals surface area (Å²) in [7, 11) is 0. The minimum atomic E-state index is 0.786. The first-order valence-corrected chi connectivity index (χ1v) is 7.52. The molecule has 5 heteroatoms. The van der Waals surface area contributed by atoms with Crippen LogP contribution < -0.4 is 0 Å². The second-order valence-corrected chi connectivity index (χ2v) is 6.06. The standard InChI is InChI=1S/C14H15N3S2/c1-9-3-4-12-11(7-9)16-14(18)17(12)6-5-13-15-10(2)8-19-13/h3-4,7-8H,5-6H2,1-2H3,(H,16,18). The smallest absolute Gasteiger partial charge is 0.178 e. The quantitative estimate of drug-likeness (QED) is 0.739. The number of thiazole rings is 1. The van der Waals surface area contributed by atoms with Crippen molar-refractivity contribution in [1.82, 2.24) is 14.5 Å². The van der Waals surface area contributed by atoms with Crippen molar-refractivity contribution in [2.75, 3.05) is 0 Å². The largest absolute Gasteiger partial charge is 0.331 e. The zero-order valence-electron chi connectivity index (χ0n) is 10.9. The van der Waals surface area contributed by atoms with Crippen molar-refractivity contribution in [2.24, 2.45) is 0 Å². The molecule has 3 nitrogen and oxygen atoms in total. The Kier molecular flexibility index (Phi) is 3.24. The lowest BCUT2D eigenvalue weighted by Gasteiger charge is -2.03. The van der Waals surface area contributed by atoms with E-state index in [9.17, 15) is 0 Å². The molecule has 0 aliphatic carbocycles. The average Bonchev–Trinajstić information content (AvgIpc) is 2.89. The molecule has 0 amide bonds. The fraction of sp³-hybridized carbons (Fsp3) is 0.286. The van der Waals surface area contributed by atoms with Gasteiger partial charge < -0.3 is 9.55 Å². The van der Waals surface area contributed by atoms with E-state index in [0.29, 0.717) is 0 Å². The molecular formula is C14H15N3S2. The van der Waals surface area contributed by atoms with E-state index < -0.39 is 0 Å². The third-order valence-corrected chi connectivity index (χ3v) is 4.49. The molecule has 0 atom stereocenters. The van der Waals surface area contributed by atoms with E-state index in [1.165, 1.54) is 16.1 Å². The second kappa shape index (κ2) is 4.90. The summed E-state index contributed by atoms with van der Waals surface area (Å²) in [5.41, 5.74) is 4.62. The number of aromatic amines is 1. The summed E-state index contributed by atoms with van der Waals surface area (Å²) >= 11 is 7.12. The summed E-state index contributed by atoms with van der Waals surface area (Å²) in [6, 6.07) is 6.38. The first-order valence-electron chi connectivity index (χ1n) is 6.23. The van der Waals surface area contributed by atoms with Crippen LogP contribution in [0.25, 0.3) is 11.0 Å². The van der Waals surface area contributed by atoms with Crippen LogP contribution in [0.2, 0.25) is 0 Å². The van der Waals surface area contributed by atoms with Crippen LogP contribution in [0.1, 0.15) is 16.3 Å². The van der Waals surface area contributed by atoms with Crippen molar-refractivity contribution in [1.29, 1.82) is 0 Å². The number of aromatic nitrogens is 3. The number of imidazole rings is 1. The van der Waals surface area contributed by atoms with Crippen molar-refractivity contribution in [3.05, 3.63) is 44.6 Å². The molecule has 98 valence electrons. The summed E-state index contributed by atoms with van der Waals surface area (Å²) in [5.74, 6) is 0. The van der Waals surface area contributed by atoms with Gasteiger partial charge >= 0.3 is 0 Å². The Morgan fingerprint density at radius 3 is 2.95 bits per heavy atom. The summed E-state index contributed by atoms with van der Waals surface area (Å²) < 4.78 is 2.94. The summed E-state index contributed by atoms with van der Waals surface area (Å²) in [5, 5.41) is 3.26. The summed E-state index contributed by atoms with van der Waals surface area (Å²) in [6.07, 6.45) is 0.924. The molecule has 3 rings (SSSR count). The molecule has 0 saturated heterocycles. The molecule has 0 unspecified atom stereocenters. The number of hydrogen-bond donors (Lipinski definition) is 1. The lowest BCUT2D eigenvalue weighted by Crippen LogP contribution is -2.01. The molecule has 19 heavy (non-hydrogen) atoms. The SMILES string of the molecule is Cc1ccc2c(c1)[nH]c(=S)n2CCc1nc(C)cs1. The maximum absolute atomic E-state index is 5.41. The van der Waals surface area contributed by atoms with Gasteiger partial charge in [-0.25, -0.2) is 4.98 Å². The van der Waals surface area contributed by atoms with Crippen molar-refractivity contribution < 1.29 is 0 Å². The molecule has 0 saturated carbocycles. The van der Waals surface area contributed by atoms with Gasteiger partial charge in [-0.2, -0.15) is 0 Å². The molecule has 0 bridgehead atoms. The van der Waals surface area contributed by atoms with Gasteiger partial charge in [-0.3, -0.25) is 0 Å². The maximum atomic E-state index is 5.41. The van der Waals surface area contributed by atoms with Gasteiger partial charge in [0, 0.05) is 24.0 Å². The molecule has 2 aromatic heterocycles. The van der Waals surface area contributed by atoms with E-state index in [0.717, 1.165) is 28.9 Å². The van der Waals surface area contributed by atoms with E-state index in [4.69, 9.17) is 12.2 Å². The third-order valence-electron chi connectivity index (χ3n) is 3.15. The minimum Gasteiger partial charge on any atom is -0.331 e. The van der Waals surface area contributed by atoms with Crippen LogP contribution in [0, 0.1) is 18.6 Å². The highest BCUT2D eigenvalue weighted by Crippen LogP contribution is 2.17. The summed E-state index contributed by atoms with van der Waals surface area (Å²) in [6.45, 7) is 4.99. The molecule has 0 aliphatic rings. The number of benzene rings is 1. The molecule has 2 heterocycles. The van der Waals surface area contributed by atoms with Crippen molar-refractivity contribution >= 4 is 34.6 Å². The van der Waals surface area contributed by atoms with Crippen LogP contribution in [-0.2, 0) is 13.0 Å². The molecule has 0 spiro atoms. The van der Waals surface area contributed by atoms with Gasteiger partial charge in [0.1, 0.15) is 0 Å². The van der Waals surface area contributed by atoms with Crippen molar-refractivity contribution in [3.63, 3.8) is 0 Å². The first kappa shape index (κ1) is 12.6. The third kappa shape index (κ3) is 2.48. The zero-order chi connectivity index (χ0) is 13.4. The number of nitrogens with one attached hydrogen (secondary N) is 1. The predicted molar refractivity (Wildman–Crippen MR) is 82.4 cm³/mol. The van der Waals surface area contributed by atoms with Crippen molar-refractivity contribution in [3.8, 4) is 0 Å². The first-order chi connectivity index (χ1) is 9.13. The van der Waals surface area contributed by atoms with Gasteiger partial charge in [-0.05, 0) is 43.8 Å². The van der Waals surface area contributed by atoms with E-state index in [-0.39, 0.29) is 0 Å². The number of H-pyrrole nitrogens is 1. The number of aryl methyl sites for hydroxylation is 4. The summed E-state index contributed by atoms with van der Waals surface area (Å²) in [4.78, 5) is 7.77. The number of fused-ring (bicyclic) bond motifs is 1. The lowest BCUT2D eigenvalue weighted by atomic mass is 10.2. The number of rotatable bonds is 3.